The summed E-state index contributed by atoms with van der Waals surface area (Å²) < 4.78 is 14.1. The molecule has 2 rings (SSSR count). The van der Waals surface area contributed by atoms with Crippen LogP contribution >= 0.6 is 15.9 Å². The minimum Gasteiger partial charge on any atom is -0.322 e. The molecule has 17 heavy (non-hydrogen) atoms. The summed E-state index contributed by atoms with van der Waals surface area (Å²) in [5.74, 6) is -1.00. The molecule has 2 aromatic carbocycles. The second kappa shape index (κ2) is 5.10. The topological polar surface area (TPSA) is 29.1 Å². The third kappa shape index (κ3) is 2.91. The van der Waals surface area contributed by atoms with Crippen molar-refractivity contribution in [2.75, 3.05) is 5.32 Å². The second-order valence-corrected chi connectivity index (χ2v) is 4.36. The average Bonchev–Trinajstić information content (AvgIpc) is 2.33. The molecule has 0 unspecified atom stereocenters. The molecule has 0 saturated heterocycles. The number of para-hydroxylation sites is 1. The monoisotopic (exact) mass is 293 g/mol. The van der Waals surface area contributed by atoms with Crippen LogP contribution in [0.15, 0.2) is 53.0 Å². The first-order valence-corrected chi connectivity index (χ1v) is 5.77. The van der Waals surface area contributed by atoms with Gasteiger partial charge in [0.15, 0.2) is 0 Å². The van der Waals surface area contributed by atoms with Crippen molar-refractivity contribution in [2.45, 2.75) is 0 Å². The number of carbonyl (C=O) groups is 1. The zero-order valence-corrected chi connectivity index (χ0v) is 10.4. The number of hydrogen-bond donors (Lipinski definition) is 1. The lowest BCUT2D eigenvalue weighted by atomic mass is 10.2. The first-order chi connectivity index (χ1) is 8.16. The molecule has 0 saturated carbocycles. The minimum atomic E-state index is -0.540. The highest BCUT2D eigenvalue weighted by Crippen LogP contribution is 2.17. The van der Waals surface area contributed by atoms with E-state index in [4.69, 9.17) is 0 Å². The molecule has 2 nitrogen and oxygen atoms in total. The average molecular weight is 294 g/mol. The van der Waals surface area contributed by atoms with Gasteiger partial charge in [-0.3, -0.25) is 4.79 Å². The molecule has 0 aromatic heterocycles. The van der Waals surface area contributed by atoms with Crippen molar-refractivity contribution in [2.24, 2.45) is 0 Å². The van der Waals surface area contributed by atoms with Crippen LogP contribution in [0.4, 0.5) is 10.1 Å². The van der Waals surface area contributed by atoms with Crippen LogP contribution < -0.4 is 5.32 Å². The Morgan fingerprint density at radius 1 is 1.12 bits per heavy atom. The number of amides is 1. The van der Waals surface area contributed by atoms with Crippen molar-refractivity contribution in [1.82, 2.24) is 0 Å². The minimum absolute atomic E-state index is 0.0169. The van der Waals surface area contributed by atoms with Crippen molar-refractivity contribution in [3.8, 4) is 0 Å². The van der Waals surface area contributed by atoms with E-state index in [1.807, 2.05) is 6.07 Å². The van der Waals surface area contributed by atoms with Gasteiger partial charge in [-0.1, -0.05) is 34.1 Å². The van der Waals surface area contributed by atoms with E-state index in [9.17, 15) is 9.18 Å². The maximum Gasteiger partial charge on any atom is 0.258 e. The van der Waals surface area contributed by atoms with Gasteiger partial charge in [0.2, 0.25) is 0 Å². The van der Waals surface area contributed by atoms with E-state index < -0.39 is 11.7 Å². The molecule has 0 radical (unpaired) electrons. The van der Waals surface area contributed by atoms with E-state index >= 15 is 0 Å². The SMILES string of the molecule is O=C(Nc1ccccc1)c1cc(Br)ccc1F. The van der Waals surface area contributed by atoms with E-state index in [0.717, 1.165) is 0 Å². The first-order valence-electron chi connectivity index (χ1n) is 4.98. The summed E-state index contributed by atoms with van der Waals surface area (Å²) in [5.41, 5.74) is 0.653. The lowest BCUT2D eigenvalue weighted by Crippen LogP contribution is -2.13. The van der Waals surface area contributed by atoms with Gasteiger partial charge in [-0.2, -0.15) is 0 Å². The van der Waals surface area contributed by atoms with E-state index in [1.54, 1.807) is 30.3 Å². The predicted molar refractivity (Wildman–Crippen MR) is 68.5 cm³/mol. The predicted octanol–water partition coefficient (Wildman–Crippen LogP) is 3.84. The van der Waals surface area contributed by atoms with E-state index in [2.05, 4.69) is 21.2 Å². The molecule has 0 aliphatic rings. The van der Waals surface area contributed by atoms with Crippen molar-refractivity contribution in [1.29, 1.82) is 0 Å². The second-order valence-electron chi connectivity index (χ2n) is 3.44. The van der Waals surface area contributed by atoms with Crippen LogP contribution in [0.25, 0.3) is 0 Å². The molecule has 0 aliphatic carbocycles. The number of halogens is 2. The molecular formula is C13H9BrFNO. The van der Waals surface area contributed by atoms with Crippen LogP contribution in [0, 0.1) is 5.82 Å². The van der Waals surface area contributed by atoms with Crippen molar-refractivity contribution < 1.29 is 9.18 Å². The molecule has 1 N–H and O–H groups in total. The Morgan fingerprint density at radius 2 is 1.82 bits per heavy atom. The molecule has 0 bridgehead atoms. The number of anilines is 1. The number of carbonyl (C=O) groups excluding carboxylic acids is 1. The molecule has 1 amide bonds. The van der Waals surface area contributed by atoms with Gasteiger partial charge < -0.3 is 5.32 Å². The lowest BCUT2D eigenvalue weighted by Gasteiger charge is -2.06. The lowest BCUT2D eigenvalue weighted by molar-refractivity contribution is 0.102. The summed E-state index contributed by atoms with van der Waals surface area (Å²) in [6, 6.07) is 13.2. The van der Waals surface area contributed by atoms with Crippen LogP contribution in [-0.2, 0) is 0 Å². The smallest absolute Gasteiger partial charge is 0.258 e. The van der Waals surface area contributed by atoms with E-state index in [-0.39, 0.29) is 5.56 Å². The maximum absolute atomic E-state index is 13.4. The highest BCUT2D eigenvalue weighted by atomic mass is 79.9. The van der Waals surface area contributed by atoms with Gasteiger partial charge in [-0.05, 0) is 30.3 Å². The Labute approximate surface area is 107 Å². The quantitative estimate of drug-likeness (QED) is 0.895. The first kappa shape index (κ1) is 11.8. The summed E-state index contributed by atoms with van der Waals surface area (Å²) in [6.45, 7) is 0. The van der Waals surface area contributed by atoms with E-state index in [1.165, 1.54) is 12.1 Å². The normalized spacial score (nSPS) is 10.0. The van der Waals surface area contributed by atoms with Crippen LogP contribution in [0.3, 0.4) is 0 Å². The molecule has 0 fully saturated rings. The van der Waals surface area contributed by atoms with Gasteiger partial charge >= 0.3 is 0 Å². The Balaban J connectivity index is 2.23. The zero-order chi connectivity index (χ0) is 12.3. The van der Waals surface area contributed by atoms with Crippen LogP contribution in [0.2, 0.25) is 0 Å². The Bertz CT molecular complexity index is 542. The van der Waals surface area contributed by atoms with Crippen LogP contribution in [0.1, 0.15) is 10.4 Å². The molecule has 0 aliphatic heterocycles. The fourth-order valence-electron chi connectivity index (χ4n) is 1.39. The third-order valence-corrected chi connectivity index (χ3v) is 2.70. The zero-order valence-electron chi connectivity index (χ0n) is 8.78. The van der Waals surface area contributed by atoms with Crippen molar-refractivity contribution in [3.05, 3.63) is 64.4 Å². The fourth-order valence-corrected chi connectivity index (χ4v) is 1.75. The van der Waals surface area contributed by atoms with Gasteiger partial charge in [0.25, 0.3) is 5.91 Å². The maximum atomic E-state index is 13.4. The Kier molecular flexibility index (Phi) is 3.54. The van der Waals surface area contributed by atoms with Crippen molar-refractivity contribution >= 4 is 27.5 Å². The van der Waals surface area contributed by atoms with Gasteiger partial charge in [-0.25, -0.2) is 4.39 Å². The molecule has 4 heteroatoms. The molecule has 0 spiro atoms. The number of benzene rings is 2. The third-order valence-electron chi connectivity index (χ3n) is 2.20. The number of hydrogen-bond acceptors (Lipinski definition) is 1. The summed E-state index contributed by atoms with van der Waals surface area (Å²) >= 11 is 3.20. The summed E-state index contributed by atoms with van der Waals surface area (Å²) in [6.07, 6.45) is 0. The van der Waals surface area contributed by atoms with Crippen LogP contribution in [0.5, 0.6) is 0 Å². The summed E-state index contributed by atoms with van der Waals surface area (Å²) in [4.78, 5) is 11.8. The van der Waals surface area contributed by atoms with Gasteiger partial charge in [0.1, 0.15) is 5.82 Å². The molecule has 2 aromatic rings. The molecular weight excluding hydrogens is 285 g/mol. The largest absolute Gasteiger partial charge is 0.322 e. The van der Waals surface area contributed by atoms with Crippen LogP contribution in [-0.4, -0.2) is 5.91 Å². The summed E-state index contributed by atoms with van der Waals surface area (Å²) in [5, 5.41) is 2.63. The Hall–Kier alpha value is -1.68. The fraction of sp³-hybridized carbons (Fsp3) is 0. The van der Waals surface area contributed by atoms with E-state index in [0.29, 0.717) is 10.2 Å². The van der Waals surface area contributed by atoms with Gasteiger partial charge in [-0.15, -0.1) is 0 Å². The van der Waals surface area contributed by atoms with Gasteiger partial charge in [0.05, 0.1) is 5.56 Å². The van der Waals surface area contributed by atoms with Gasteiger partial charge in [0, 0.05) is 10.2 Å². The highest BCUT2D eigenvalue weighted by Gasteiger charge is 2.11. The van der Waals surface area contributed by atoms with Crippen molar-refractivity contribution in [3.63, 3.8) is 0 Å². The highest BCUT2D eigenvalue weighted by molar-refractivity contribution is 9.10. The molecule has 86 valence electrons. The molecule has 0 atom stereocenters. The standard InChI is InChI=1S/C13H9BrFNO/c14-9-6-7-12(15)11(8-9)13(17)16-10-4-2-1-3-5-10/h1-8H,(H,16,17). The number of nitrogens with one attached hydrogen (secondary N) is 1. The summed E-state index contributed by atoms with van der Waals surface area (Å²) in [7, 11) is 0. The Morgan fingerprint density at radius 3 is 2.53 bits per heavy atom. The molecule has 0 heterocycles. The number of rotatable bonds is 2.